The topological polar surface area (TPSA) is 56.8 Å². The molecular weight excluding hydrogens is 463 g/mol. The number of aromatic nitrogens is 1. The number of anilines is 2. The van der Waals surface area contributed by atoms with Crippen LogP contribution in [0.5, 0.6) is 0 Å². The summed E-state index contributed by atoms with van der Waals surface area (Å²) < 4.78 is 14.3. The zero-order chi connectivity index (χ0) is 22.7. The Hall–Kier alpha value is -2.55. The molecule has 6 nitrogen and oxygen atoms in total. The van der Waals surface area contributed by atoms with Gasteiger partial charge < -0.3 is 9.80 Å². The second kappa shape index (κ2) is 11.0. The van der Waals surface area contributed by atoms with E-state index in [4.69, 9.17) is 4.98 Å². The number of hydrogen-bond acceptors (Lipinski definition) is 5. The summed E-state index contributed by atoms with van der Waals surface area (Å²) in [5.41, 5.74) is 1.48. The van der Waals surface area contributed by atoms with Crippen LogP contribution in [0.4, 0.5) is 15.2 Å². The Morgan fingerprint density at radius 2 is 1.82 bits per heavy atom. The van der Waals surface area contributed by atoms with Crippen molar-refractivity contribution in [2.75, 3.05) is 42.5 Å². The molecule has 1 aliphatic rings. The molecule has 4 rings (SSSR count). The fourth-order valence-electron chi connectivity index (χ4n) is 4.02. The third-order valence-corrected chi connectivity index (χ3v) is 6.99. The molecule has 9 heteroatoms. The Kier molecular flexibility index (Phi) is 8.40. The number of nitrogens with zero attached hydrogens (tertiary/aromatic N) is 4. The van der Waals surface area contributed by atoms with E-state index in [9.17, 15) is 14.0 Å². The average Bonchev–Trinajstić information content (AvgIpc) is 3.40. The summed E-state index contributed by atoms with van der Waals surface area (Å²) in [5, 5.41) is 0.663. The lowest BCUT2D eigenvalue weighted by Gasteiger charge is -2.26. The number of carbonyl (C=O) groups is 2. The maximum atomic E-state index is 13.6. The molecule has 2 heterocycles. The van der Waals surface area contributed by atoms with E-state index in [1.54, 1.807) is 21.9 Å². The van der Waals surface area contributed by atoms with Crippen molar-refractivity contribution in [3.63, 3.8) is 0 Å². The molecule has 0 aliphatic carbocycles. The van der Waals surface area contributed by atoms with Crippen LogP contribution < -0.4 is 9.80 Å². The smallest absolute Gasteiger partial charge is 0.234 e. The monoisotopic (exact) mass is 490 g/mol. The van der Waals surface area contributed by atoms with Gasteiger partial charge in [0, 0.05) is 31.7 Å². The highest BCUT2D eigenvalue weighted by Crippen LogP contribution is 2.32. The molecule has 0 radical (unpaired) electrons. The van der Waals surface area contributed by atoms with Crippen molar-refractivity contribution in [3.8, 4) is 0 Å². The van der Waals surface area contributed by atoms with E-state index in [1.165, 1.54) is 23.5 Å². The quantitative estimate of drug-likeness (QED) is 0.463. The first-order valence-electron chi connectivity index (χ1n) is 10.9. The first-order valence-corrected chi connectivity index (χ1v) is 11.8. The maximum absolute atomic E-state index is 13.6. The van der Waals surface area contributed by atoms with Gasteiger partial charge in [-0.3, -0.25) is 14.5 Å². The van der Waals surface area contributed by atoms with Crippen molar-refractivity contribution in [1.29, 1.82) is 0 Å². The first-order chi connectivity index (χ1) is 15.5. The molecule has 1 saturated heterocycles. The highest BCUT2D eigenvalue weighted by Gasteiger charge is 2.38. The highest BCUT2D eigenvalue weighted by molar-refractivity contribution is 7.22. The summed E-state index contributed by atoms with van der Waals surface area (Å²) in [5.74, 6) is -1.03. The first kappa shape index (κ1) is 25.1. The van der Waals surface area contributed by atoms with Crippen LogP contribution in [0.2, 0.25) is 0 Å². The molecule has 0 N–H and O–H groups in total. The van der Waals surface area contributed by atoms with Gasteiger partial charge in [0.1, 0.15) is 5.82 Å². The molecule has 176 valence electrons. The van der Waals surface area contributed by atoms with Crippen LogP contribution in [0.3, 0.4) is 0 Å². The molecule has 3 aromatic rings. The van der Waals surface area contributed by atoms with Crippen molar-refractivity contribution < 1.29 is 14.0 Å². The SMILES string of the molecule is CCN(CC)CCN(C(=O)C1CC(=O)N(c2ccc(F)cc2)C1)c1nc2ccccc2s1.Cl. The number of benzene rings is 2. The van der Waals surface area contributed by atoms with Gasteiger partial charge in [0.25, 0.3) is 0 Å². The number of thiazole rings is 1. The number of carbonyl (C=O) groups excluding carboxylic acids is 2. The molecule has 1 unspecified atom stereocenters. The third kappa shape index (κ3) is 5.51. The molecule has 0 bridgehead atoms. The lowest BCUT2D eigenvalue weighted by Crippen LogP contribution is -2.42. The maximum Gasteiger partial charge on any atom is 0.234 e. The fraction of sp³-hybridized carbons (Fsp3) is 0.375. The van der Waals surface area contributed by atoms with Gasteiger partial charge in [-0.15, -0.1) is 12.4 Å². The summed E-state index contributed by atoms with van der Waals surface area (Å²) in [6.45, 7) is 7.54. The lowest BCUT2D eigenvalue weighted by atomic mass is 10.1. The van der Waals surface area contributed by atoms with Crippen molar-refractivity contribution in [2.24, 2.45) is 5.92 Å². The van der Waals surface area contributed by atoms with Gasteiger partial charge in [-0.25, -0.2) is 9.37 Å². The van der Waals surface area contributed by atoms with Crippen LogP contribution in [-0.2, 0) is 9.59 Å². The zero-order valence-electron chi connectivity index (χ0n) is 18.7. The number of para-hydroxylation sites is 1. The lowest BCUT2D eigenvalue weighted by molar-refractivity contribution is -0.124. The van der Waals surface area contributed by atoms with Crippen LogP contribution in [0.25, 0.3) is 10.2 Å². The van der Waals surface area contributed by atoms with Gasteiger partial charge in [-0.1, -0.05) is 37.3 Å². The van der Waals surface area contributed by atoms with E-state index in [2.05, 4.69) is 18.7 Å². The summed E-state index contributed by atoms with van der Waals surface area (Å²) in [4.78, 5) is 36.6. The van der Waals surface area contributed by atoms with E-state index in [0.29, 0.717) is 17.4 Å². The van der Waals surface area contributed by atoms with Gasteiger partial charge in [0.2, 0.25) is 11.8 Å². The van der Waals surface area contributed by atoms with Crippen LogP contribution >= 0.6 is 23.7 Å². The Morgan fingerprint density at radius 3 is 2.48 bits per heavy atom. The molecule has 1 atom stereocenters. The number of likely N-dealkylation sites (N-methyl/N-ethyl adjacent to an activating group) is 1. The van der Waals surface area contributed by atoms with Crippen molar-refractivity contribution >= 4 is 56.6 Å². The molecular formula is C24H28ClFN4O2S. The average molecular weight is 491 g/mol. The van der Waals surface area contributed by atoms with Crippen LogP contribution in [0.15, 0.2) is 48.5 Å². The van der Waals surface area contributed by atoms with Crippen molar-refractivity contribution in [2.45, 2.75) is 20.3 Å². The zero-order valence-corrected chi connectivity index (χ0v) is 20.4. The Balaban J connectivity index is 0.00000306. The second-order valence-electron chi connectivity index (χ2n) is 7.86. The molecule has 2 aromatic carbocycles. The molecule has 0 spiro atoms. The molecule has 1 fully saturated rings. The van der Waals surface area contributed by atoms with Crippen LogP contribution in [0, 0.1) is 11.7 Å². The second-order valence-corrected chi connectivity index (χ2v) is 8.87. The van der Waals surface area contributed by atoms with Crippen molar-refractivity contribution in [1.82, 2.24) is 9.88 Å². The largest absolute Gasteiger partial charge is 0.312 e. The van der Waals surface area contributed by atoms with Gasteiger partial charge >= 0.3 is 0 Å². The minimum Gasteiger partial charge on any atom is -0.312 e. The Bertz CT molecular complexity index is 1070. The minimum atomic E-state index is -0.462. The Morgan fingerprint density at radius 1 is 1.12 bits per heavy atom. The molecule has 0 saturated carbocycles. The summed E-state index contributed by atoms with van der Waals surface area (Å²) in [7, 11) is 0. The highest BCUT2D eigenvalue weighted by atomic mass is 35.5. The summed E-state index contributed by atoms with van der Waals surface area (Å²) in [6, 6.07) is 13.6. The summed E-state index contributed by atoms with van der Waals surface area (Å²) in [6.07, 6.45) is 0.142. The van der Waals surface area contributed by atoms with Crippen molar-refractivity contribution in [3.05, 3.63) is 54.3 Å². The van der Waals surface area contributed by atoms with E-state index in [-0.39, 0.29) is 43.0 Å². The Labute approximate surface area is 203 Å². The minimum absolute atomic E-state index is 0. The molecule has 1 aliphatic heterocycles. The van der Waals surface area contributed by atoms with E-state index in [1.807, 2.05) is 24.3 Å². The van der Waals surface area contributed by atoms with Gasteiger partial charge in [0.15, 0.2) is 5.13 Å². The molecule has 33 heavy (non-hydrogen) atoms. The van der Waals surface area contributed by atoms with E-state index < -0.39 is 5.92 Å². The number of amides is 2. The number of rotatable bonds is 8. The number of fused-ring (bicyclic) bond motifs is 1. The molecule has 2 amide bonds. The van der Waals surface area contributed by atoms with E-state index >= 15 is 0 Å². The number of hydrogen-bond donors (Lipinski definition) is 0. The molecule has 1 aromatic heterocycles. The fourth-order valence-corrected chi connectivity index (χ4v) is 5.02. The predicted molar refractivity (Wildman–Crippen MR) is 134 cm³/mol. The van der Waals surface area contributed by atoms with Gasteiger partial charge in [-0.2, -0.15) is 0 Å². The van der Waals surface area contributed by atoms with Crippen LogP contribution in [-0.4, -0.2) is 54.4 Å². The summed E-state index contributed by atoms with van der Waals surface area (Å²) >= 11 is 1.49. The predicted octanol–water partition coefficient (Wildman–Crippen LogP) is 4.59. The van der Waals surface area contributed by atoms with Crippen LogP contribution in [0.1, 0.15) is 20.3 Å². The van der Waals surface area contributed by atoms with E-state index in [0.717, 1.165) is 29.9 Å². The normalized spacial score (nSPS) is 15.8. The number of halogens is 2. The standard InChI is InChI=1S/C24H27FN4O2S.ClH/c1-3-27(4-2)13-14-28(24-26-20-7-5-6-8-21(20)32-24)23(31)17-15-22(30)29(16-17)19-11-9-18(25)10-12-19;/h5-12,17H,3-4,13-16H2,1-2H3;1H. The van der Waals surface area contributed by atoms with Gasteiger partial charge in [-0.05, 0) is 49.5 Å². The van der Waals surface area contributed by atoms with Gasteiger partial charge in [0.05, 0.1) is 16.1 Å². The third-order valence-electron chi connectivity index (χ3n) is 5.93.